The molecule has 0 aromatic rings. The van der Waals surface area contributed by atoms with E-state index in [1.54, 1.807) is 0 Å². The third-order valence-electron chi connectivity index (χ3n) is 4.32. The van der Waals surface area contributed by atoms with Crippen molar-refractivity contribution in [2.75, 3.05) is 27.2 Å². The van der Waals surface area contributed by atoms with Gasteiger partial charge in [0.05, 0.1) is 27.2 Å². The van der Waals surface area contributed by atoms with E-state index in [1.165, 1.54) is 75.4 Å². The molecule has 0 aromatic heterocycles. The second-order valence-corrected chi connectivity index (χ2v) is 7.14. The second-order valence-electron chi connectivity index (χ2n) is 7.14. The van der Waals surface area contributed by atoms with E-state index in [1.807, 2.05) is 0 Å². The van der Waals surface area contributed by atoms with Crippen LogP contribution in [0.25, 0.3) is 0 Å². The summed E-state index contributed by atoms with van der Waals surface area (Å²) in [5.41, 5.74) is 0. The van der Waals surface area contributed by atoms with E-state index in [0.717, 1.165) is 12.8 Å². The minimum atomic E-state index is -1.60. The Morgan fingerprint density at radius 2 is 1.00 bits per heavy atom. The van der Waals surface area contributed by atoms with Crippen LogP contribution in [0.5, 0.6) is 0 Å². The topological polar surface area (TPSA) is 235 Å². The molecule has 0 atom stereocenters. The van der Waals surface area contributed by atoms with Crippen molar-refractivity contribution in [3.63, 3.8) is 0 Å². The van der Waals surface area contributed by atoms with Crippen LogP contribution in [0.2, 0.25) is 6.32 Å². The van der Waals surface area contributed by atoms with Gasteiger partial charge in [-0.05, 0) is 19.3 Å². The van der Waals surface area contributed by atoms with Crippen LogP contribution < -0.4 is 39.6 Å². The van der Waals surface area contributed by atoms with Crippen LogP contribution in [0.1, 0.15) is 77.6 Å². The molecular formula is C17H49BNNaO8. The molecule has 0 aliphatic carbocycles. The number of hydrogen-bond donors (Lipinski definition) is 0. The minimum absolute atomic E-state index is 0. The molecule has 1 saturated heterocycles. The van der Waals surface area contributed by atoms with Gasteiger partial charge in [-0.15, -0.1) is 13.4 Å². The molecule has 11 heteroatoms. The summed E-state index contributed by atoms with van der Waals surface area (Å²) in [6.45, 7) is 4.99. The smallest absolute Gasteiger partial charge is 0.893 e. The third-order valence-corrected chi connectivity index (χ3v) is 4.32. The van der Waals surface area contributed by atoms with Crippen molar-refractivity contribution in [1.82, 2.24) is 0 Å². The maximum atomic E-state index is 10.1. The largest absolute Gasteiger partial charge is 1.00 e. The first-order valence-electron chi connectivity index (χ1n) is 9.11. The summed E-state index contributed by atoms with van der Waals surface area (Å²) in [5, 5.41) is 20.3. The van der Waals surface area contributed by atoms with E-state index in [4.69, 9.17) is 0 Å². The molecule has 9 nitrogen and oxygen atoms in total. The maximum Gasteiger partial charge on any atom is 1.00 e. The van der Waals surface area contributed by atoms with Crippen molar-refractivity contribution in [2.24, 2.45) is 0 Å². The summed E-state index contributed by atoms with van der Waals surface area (Å²) in [4.78, 5) is 0. The number of likely N-dealkylation sites (tertiary alicyclic amines) is 1. The van der Waals surface area contributed by atoms with E-state index in [0.29, 0.717) is 6.32 Å². The van der Waals surface area contributed by atoms with E-state index in [-0.39, 0.29) is 62.4 Å². The molecule has 1 fully saturated rings. The number of piperidine rings is 1. The van der Waals surface area contributed by atoms with E-state index < -0.39 is 7.12 Å². The fourth-order valence-electron chi connectivity index (χ4n) is 2.81. The Bertz CT molecular complexity index is 235. The summed E-state index contributed by atoms with van der Waals surface area (Å²) in [6, 6.07) is 0. The monoisotopic (exact) mass is 429 g/mol. The van der Waals surface area contributed by atoms with Crippen molar-refractivity contribution in [3.05, 3.63) is 0 Å². The van der Waals surface area contributed by atoms with Gasteiger partial charge in [0.1, 0.15) is 0 Å². The minimum Gasteiger partial charge on any atom is -0.893 e. The molecule has 1 aliphatic heterocycles. The van der Waals surface area contributed by atoms with Gasteiger partial charge in [-0.1, -0.05) is 58.3 Å². The Morgan fingerprint density at radius 3 is 1.29 bits per heavy atom. The Balaban J connectivity index is -0.0000000400. The molecular weight excluding hydrogens is 380 g/mol. The normalized spacial score (nSPS) is 12.8. The Hall–Kier alpha value is 0.705. The molecule has 0 saturated carbocycles. The molecule has 28 heavy (non-hydrogen) atoms. The molecule has 0 aromatic carbocycles. The Labute approximate surface area is 194 Å². The predicted molar refractivity (Wildman–Crippen MR) is 111 cm³/mol. The van der Waals surface area contributed by atoms with Crippen LogP contribution >= 0.6 is 0 Å². The average molecular weight is 429 g/mol. The first-order valence-corrected chi connectivity index (χ1v) is 9.11. The molecule has 1 aliphatic rings. The van der Waals surface area contributed by atoms with Gasteiger partial charge in [0.25, 0.3) is 0 Å². The zero-order valence-corrected chi connectivity index (χ0v) is 20.7. The number of hydrogen-bond acceptors (Lipinski definition) is 2. The summed E-state index contributed by atoms with van der Waals surface area (Å²) >= 11 is 0. The van der Waals surface area contributed by atoms with Crippen LogP contribution in [-0.2, 0) is 0 Å². The second kappa shape index (κ2) is 35.2. The molecule has 0 bridgehead atoms. The fraction of sp³-hybridized carbons (Fsp3) is 1.00. The van der Waals surface area contributed by atoms with Gasteiger partial charge in [-0.2, -0.15) is 0 Å². The van der Waals surface area contributed by atoms with Gasteiger partial charge in [0.2, 0.25) is 0 Å². The third kappa shape index (κ3) is 41.2. The van der Waals surface area contributed by atoms with Gasteiger partial charge in [-0.3, -0.25) is 0 Å². The number of nitrogens with zero attached hydrogens (tertiary/aromatic N) is 1. The van der Waals surface area contributed by atoms with Gasteiger partial charge >= 0.3 is 29.6 Å². The first kappa shape index (κ1) is 51.4. The standard InChI is InChI=1S/C10H21BO2.C7H16N.Na.6H2O/c1-2-3-4-5-6-7-8-9-10-11(12)13;1-8(2)6-4-3-5-7-8;;;;;;;/h2-10H2,1H3;3-7H2,1-2H3;;6*1H2/q-2;2*+1;;;;;;. The van der Waals surface area contributed by atoms with Crippen LogP contribution in [0, 0.1) is 0 Å². The number of quaternary nitrogens is 1. The average Bonchev–Trinajstić information content (AvgIpc) is 2.42. The zero-order valence-electron chi connectivity index (χ0n) is 18.7. The maximum absolute atomic E-state index is 10.1. The van der Waals surface area contributed by atoms with Crippen molar-refractivity contribution in [1.29, 1.82) is 0 Å². The van der Waals surface area contributed by atoms with Crippen LogP contribution in [-0.4, -0.2) is 71.6 Å². The van der Waals surface area contributed by atoms with E-state index >= 15 is 0 Å². The first-order chi connectivity index (χ1) is 9.98. The van der Waals surface area contributed by atoms with Crippen molar-refractivity contribution >= 4 is 7.12 Å². The van der Waals surface area contributed by atoms with Crippen LogP contribution in [0.3, 0.4) is 0 Å². The fourth-order valence-corrected chi connectivity index (χ4v) is 2.81. The van der Waals surface area contributed by atoms with Crippen molar-refractivity contribution in [2.45, 2.75) is 83.9 Å². The van der Waals surface area contributed by atoms with Crippen LogP contribution in [0.4, 0.5) is 0 Å². The number of unbranched alkanes of at least 4 members (excludes halogenated alkanes) is 7. The SMILES string of the molecule is CCCCCCCCCCB([O-])[O-].C[N+]1(C)CCCCC1.O.O.O.O.O.O.[Na+]. The molecule has 0 unspecified atom stereocenters. The molecule has 174 valence electrons. The van der Waals surface area contributed by atoms with Crippen LogP contribution in [0.15, 0.2) is 0 Å². The quantitative estimate of drug-likeness (QED) is 0.198. The molecule has 0 radical (unpaired) electrons. The van der Waals surface area contributed by atoms with E-state index in [9.17, 15) is 10.0 Å². The number of rotatable bonds is 9. The van der Waals surface area contributed by atoms with Gasteiger partial charge in [0, 0.05) is 0 Å². The zero-order chi connectivity index (χ0) is 16.0. The molecule has 0 spiro atoms. The van der Waals surface area contributed by atoms with Gasteiger partial charge in [-0.25, -0.2) is 0 Å². The summed E-state index contributed by atoms with van der Waals surface area (Å²) < 4.78 is 1.25. The summed E-state index contributed by atoms with van der Waals surface area (Å²) in [5.74, 6) is 0. The van der Waals surface area contributed by atoms with E-state index in [2.05, 4.69) is 21.0 Å². The Morgan fingerprint density at radius 1 is 0.643 bits per heavy atom. The van der Waals surface area contributed by atoms with Gasteiger partial charge in [0.15, 0.2) is 0 Å². The van der Waals surface area contributed by atoms with Gasteiger partial charge < -0.3 is 47.4 Å². The molecule has 12 N–H and O–H groups in total. The van der Waals surface area contributed by atoms with Crippen molar-refractivity contribution in [3.8, 4) is 0 Å². The molecule has 1 rings (SSSR count). The molecule has 1 heterocycles. The predicted octanol–water partition coefficient (Wildman–Crippen LogP) is -5.36. The summed E-state index contributed by atoms with van der Waals surface area (Å²) in [6.07, 6.45) is 14.3. The molecule has 0 amide bonds. The Kier molecular flexibility index (Phi) is 64.5. The summed E-state index contributed by atoms with van der Waals surface area (Å²) in [7, 11) is 3.04. The van der Waals surface area contributed by atoms with Crippen molar-refractivity contribution < 1.29 is 76.9 Å².